The number of urea groups is 1. The first kappa shape index (κ1) is 37.6. The van der Waals surface area contributed by atoms with Gasteiger partial charge in [-0.1, -0.05) is 24.3 Å². The summed E-state index contributed by atoms with van der Waals surface area (Å²) in [6.07, 6.45) is 5.16. The van der Waals surface area contributed by atoms with Crippen molar-refractivity contribution in [3.63, 3.8) is 0 Å². The third-order valence-corrected chi connectivity index (χ3v) is 11.8. The Labute approximate surface area is 321 Å². The highest BCUT2D eigenvalue weighted by Crippen LogP contribution is 2.31. The number of piperazine rings is 1. The molecular weight excluding hydrogens is 833 g/mol. The van der Waals surface area contributed by atoms with Gasteiger partial charge in [0.2, 0.25) is 0 Å². The van der Waals surface area contributed by atoms with Crippen LogP contribution in [0.5, 0.6) is 5.75 Å². The number of ether oxygens (including phenoxy) is 2. The first-order valence-corrected chi connectivity index (χ1v) is 20.3. The minimum absolute atomic E-state index is 0.00115. The maximum atomic E-state index is 14.0. The van der Waals surface area contributed by atoms with Gasteiger partial charge in [-0.3, -0.25) is 14.5 Å². The molecule has 3 aliphatic heterocycles. The van der Waals surface area contributed by atoms with E-state index in [-0.39, 0.29) is 36.1 Å². The van der Waals surface area contributed by atoms with Crippen LogP contribution in [-0.4, -0.2) is 117 Å². The number of likely N-dealkylation sites (tertiary alicyclic amines) is 1. The average Bonchev–Trinajstić information content (AvgIpc) is 3.31. The molecule has 14 heteroatoms. The smallest absolute Gasteiger partial charge is 0.410 e. The Balaban J connectivity index is 1.03. The van der Waals surface area contributed by atoms with Crippen LogP contribution in [0.25, 0.3) is 0 Å². The van der Waals surface area contributed by atoms with E-state index < -0.39 is 12.2 Å². The molecule has 1 atom stereocenters. The molecule has 51 heavy (non-hydrogen) atoms. The number of rotatable bonds is 9. The van der Waals surface area contributed by atoms with E-state index in [1.165, 1.54) is 0 Å². The highest BCUT2D eigenvalue weighted by atomic mass is 127. The van der Waals surface area contributed by atoms with Gasteiger partial charge in [0.1, 0.15) is 10.4 Å². The van der Waals surface area contributed by atoms with E-state index in [1.807, 2.05) is 51.8 Å². The zero-order valence-electron chi connectivity index (χ0n) is 28.8. The minimum atomic E-state index is -1.02. The lowest BCUT2D eigenvalue weighted by atomic mass is 9.83. The normalized spacial score (nSPS) is 22.4. The van der Waals surface area contributed by atoms with Crippen LogP contribution in [0.3, 0.4) is 0 Å². The monoisotopic (exact) mass is 879 g/mol. The average molecular weight is 881 g/mol. The van der Waals surface area contributed by atoms with Crippen LogP contribution in [0, 0.1) is 5.92 Å². The van der Waals surface area contributed by atoms with Crippen LogP contribution in [0.4, 0.5) is 15.3 Å². The van der Waals surface area contributed by atoms with Crippen molar-refractivity contribution < 1.29 is 33.8 Å². The topological polar surface area (TPSA) is 132 Å². The van der Waals surface area contributed by atoms with E-state index in [0.717, 1.165) is 62.0 Å². The predicted molar refractivity (Wildman–Crippen MR) is 204 cm³/mol. The number of phenolic OH excluding ortho intramolecular Hbond substituents is 1. The summed E-state index contributed by atoms with van der Waals surface area (Å²) < 4.78 is 12.0. The number of hydrogen-bond acceptors (Lipinski definition) is 8. The molecule has 4 aliphatic rings. The summed E-state index contributed by atoms with van der Waals surface area (Å²) in [4.78, 5) is 60.4. The molecule has 0 spiro atoms. The number of halogens is 2. The van der Waals surface area contributed by atoms with Crippen molar-refractivity contribution in [2.75, 3.05) is 55.7 Å². The summed E-state index contributed by atoms with van der Waals surface area (Å²) in [7, 11) is 0. The van der Waals surface area contributed by atoms with Crippen molar-refractivity contribution in [3.8, 4) is 5.75 Å². The number of carbonyl (C=O) groups is 4. The number of amides is 4. The summed E-state index contributed by atoms with van der Waals surface area (Å²) in [5.41, 5.74) is 2.72. The maximum absolute atomic E-state index is 14.0. The van der Waals surface area contributed by atoms with Gasteiger partial charge in [0.05, 0.1) is 4.47 Å². The number of esters is 1. The summed E-state index contributed by atoms with van der Waals surface area (Å²) in [5.74, 6) is 0.120. The van der Waals surface area contributed by atoms with Gasteiger partial charge in [-0.05, 0) is 119 Å². The lowest BCUT2D eigenvalue weighted by Crippen LogP contribution is -2.55. The summed E-state index contributed by atoms with van der Waals surface area (Å²) in [6.45, 7) is 4.03. The number of nitrogens with one attached hydrogen (secondary N) is 1. The highest BCUT2D eigenvalue weighted by Gasteiger charge is 2.36. The second-order valence-electron chi connectivity index (χ2n) is 14.0. The third-order valence-electron chi connectivity index (χ3n) is 10.9. The van der Waals surface area contributed by atoms with Gasteiger partial charge in [-0.2, -0.15) is 0 Å². The Kier molecular flexibility index (Phi) is 13.0. The molecule has 2 N–H and O–H groups in total. The Bertz CT molecular complexity index is 1560. The fourth-order valence-electron chi connectivity index (χ4n) is 7.95. The number of hydrogen-bond donors (Lipinski definition) is 2. The van der Waals surface area contributed by atoms with E-state index >= 15 is 0 Å². The first-order valence-electron chi connectivity index (χ1n) is 18.0. The molecule has 2 saturated heterocycles. The van der Waals surface area contributed by atoms with Crippen molar-refractivity contribution in [2.45, 2.75) is 76.0 Å². The zero-order chi connectivity index (χ0) is 35.9. The number of phenols is 1. The molecule has 6 rings (SSSR count). The Hall–Kier alpha value is -3.11. The van der Waals surface area contributed by atoms with Crippen molar-refractivity contribution in [1.82, 2.24) is 19.6 Å². The second kappa shape index (κ2) is 17.6. The molecule has 12 nitrogen and oxygen atoms in total. The van der Waals surface area contributed by atoms with Gasteiger partial charge in [-0.25, -0.2) is 9.59 Å². The van der Waals surface area contributed by atoms with Crippen molar-refractivity contribution >= 4 is 68.2 Å². The van der Waals surface area contributed by atoms with Gasteiger partial charge >= 0.3 is 18.1 Å². The standard InChI is InChI=1S/C37H47BrIN5O7/c38-30-21-26(7-10-32(30)45)22-33(35(47)42-19-17-41(18-20-42)28-8-5-25(6-9-28)23-34(46)50-24-39)51-37(49)43-14-12-29(13-15-43)44-16-11-27-3-1-2-4-31(27)40-36(44)48/h1-4,7,10,21,25,28-29,33,45H,5-6,8-9,11-20,22-24H2,(H,40,48)/t25?,28?,33-/m1/s1. The molecule has 3 heterocycles. The summed E-state index contributed by atoms with van der Waals surface area (Å²) in [5, 5.41) is 13.1. The van der Waals surface area contributed by atoms with Crippen LogP contribution < -0.4 is 5.32 Å². The van der Waals surface area contributed by atoms with Crippen molar-refractivity contribution in [1.29, 1.82) is 0 Å². The number of fused-ring (bicyclic) bond motifs is 1. The van der Waals surface area contributed by atoms with E-state index in [2.05, 4.69) is 26.1 Å². The number of aromatic hydroxyl groups is 1. The number of nitrogens with zero attached hydrogens (tertiary/aromatic N) is 4. The quantitative estimate of drug-likeness (QED) is 0.184. The predicted octanol–water partition coefficient (Wildman–Crippen LogP) is 5.79. The van der Waals surface area contributed by atoms with Gasteiger partial charge in [0, 0.05) is 76.4 Å². The van der Waals surface area contributed by atoms with Crippen LogP contribution in [0.15, 0.2) is 46.9 Å². The lowest BCUT2D eigenvalue weighted by molar-refractivity contribution is -0.143. The molecular formula is C37H47BrIN5O7. The number of para-hydroxylation sites is 1. The van der Waals surface area contributed by atoms with Crippen LogP contribution in [0.1, 0.15) is 56.1 Å². The first-order chi connectivity index (χ1) is 24.7. The molecule has 276 valence electrons. The molecule has 2 aromatic carbocycles. The number of benzene rings is 2. The Morgan fingerprint density at radius 1 is 0.902 bits per heavy atom. The highest BCUT2D eigenvalue weighted by molar-refractivity contribution is 14.1. The summed E-state index contributed by atoms with van der Waals surface area (Å²) in [6, 6.07) is 13.2. The lowest BCUT2D eigenvalue weighted by Gasteiger charge is -2.42. The number of piperidine rings is 1. The number of carbonyl (C=O) groups excluding carboxylic acids is 4. The summed E-state index contributed by atoms with van der Waals surface area (Å²) >= 11 is 5.41. The molecule has 0 unspecified atom stereocenters. The fraction of sp³-hybridized carbons (Fsp3) is 0.568. The van der Waals surface area contributed by atoms with Gasteiger partial charge in [0.15, 0.2) is 6.10 Å². The zero-order valence-corrected chi connectivity index (χ0v) is 32.6. The van der Waals surface area contributed by atoms with Gasteiger partial charge in [-0.15, -0.1) is 0 Å². The van der Waals surface area contributed by atoms with E-state index in [1.54, 1.807) is 28.0 Å². The maximum Gasteiger partial charge on any atom is 0.410 e. The Morgan fingerprint density at radius 2 is 1.63 bits per heavy atom. The molecule has 0 aromatic heterocycles. The minimum Gasteiger partial charge on any atom is -0.507 e. The van der Waals surface area contributed by atoms with Crippen LogP contribution in [-0.2, 0) is 31.9 Å². The van der Waals surface area contributed by atoms with E-state index in [9.17, 15) is 24.3 Å². The molecule has 4 amide bonds. The largest absolute Gasteiger partial charge is 0.507 e. The second-order valence-corrected chi connectivity index (χ2v) is 15.5. The van der Waals surface area contributed by atoms with Gasteiger partial charge < -0.3 is 34.6 Å². The molecule has 1 saturated carbocycles. The SMILES string of the molecule is O=C(CC1CCC(N2CCN(C(=O)[C@@H](Cc3ccc(O)c(Br)c3)OC(=O)N3CCC(N4CCc5ccccc5NC4=O)CC3)CC2)CC1)OCI. The molecule has 0 radical (unpaired) electrons. The fourth-order valence-corrected chi connectivity index (χ4v) is 8.72. The van der Waals surface area contributed by atoms with E-state index in [0.29, 0.717) is 73.0 Å². The van der Waals surface area contributed by atoms with Crippen LogP contribution in [0.2, 0.25) is 0 Å². The van der Waals surface area contributed by atoms with Gasteiger partial charge in [0.25, 0.3) is 5.91 Å². The van der Waals surface area contributed by atoms with E-state index in [4.69, 9.17) is 9.47 Å². The molecule has 0 bridgehead atoms. The molecule has 2 aromatic rings. The van der Waals surface area contributed by atoms with Crippen LogP contribution >= 0.6 is 38.5 Å². The number of alkyl halides is 1. The Morgan fingerprint density at radius 3 is 2.33 bits per heavy atom. The molecule has 3 fully saturated rings. The number of anilines is 1. The third kappa shape index (κ3) is 9.66. The molecule has 1 aliphatic carbocycles. The van der Waals surface area contributed by atoms with Crippen molar-refractivity contribution in [2.24, 2.45) is 5.92 Å². The van der Waals surface area contributed by atoms with Crippen molar-refractivity contribution in [3.05, 3.63) is 58.1 Å².